The number of benzene rings is 1. The first-order valence-corrected chi connectivity index (χ1v) is 9.52. The van der Waals surface area contributed by atoms with Crippen LogP contribution < -0.4 is 4.90 Å². The predicted molar refractivity (Wildman–Crippen MR) is 93.9 cm³/mol. The summed E-state index contributed by atoms with van der Waals surface area (Å²) >= 11 is 6.07. The second kappa shape index (κ2) is 6.66. The number of halogens is 1. The average Bonchev–Trinajstić information content (AvgIpc) is 2.58. The molecule has 6 nitrogen and oxygen atoms in total. The van der Waals surface area contributed by atoms with E-state index in [0.717, 1.165) is 11.5 Å². The standard InChI is InChI=1S/C16H19ClN4O2S/c1-12-6-7-16(19-18-12)20-8-10-21(11-9-20)24(22,23)15-5-3-4-14(17)13(15)2/h3-7H,8-11H2,1-2H3. The van der Waals surface area contributed by atoms with Crippen LogP contribution in [-0.4, -0.2) is 49.1 Å². The number of sulfonamides is 1. The smallest absolute Gasteiger partial charge is 0.243 e. The van der Waals surface area contributed by atoms with Crippen LogP contribution in [-0.2, 0) is 10.0 Å². The number of rotatable bonds is 3. The van der Waals surface area contributed by atoms with Crippen LogP contribution in [0.25, 0.3) is 0 Å². The molecule has 1 aliphatic heterocycles. The van der Waals surface area contributed by atoms with Crippen molar-refractivity contribution in [2.75, 3.05) is 31.1 Å². The van der Waals surface area contributed by atoms with E-state index in [1.807, 2.05) is 24.0 Å². The Morgan fingerprint density at radius 1 is 1.00 bits per heavy atom. The van der Waals surface area contributed by atoms with Crippen molar-refractivity contribution in [3.8, 4) is 0 Å². The minimum Gasteiger partial charge on any atom is -0.352 e. The third kappa shape index (κ3) is 3.24. The molecular weight excluding hydrogens is 348 g/mol. The van der Waals surface area contributed by atoms with E-state index < -0.39 is 10.0 Å². The lowest BCUT2D eigenvalue weighted by Crippen LogP contribution is -2.49. The van der Waals surface area contributed by atoms with Crippen molar-refractivity contribution < 1.29 is 8.42 Å². The van der Waals surface area contributed by atoms with Gasteiger partial charge in [0.2, 0.25) is 10.0 Å². The molecule has 2 aromatic rings. The van der Waals surface area contributed by atoms with Gasteiger partial charge in [0.1, 0.15) is 0 Å². The van der Waals surface area contributed by atoms with E-state index in [9.17, 15) is 8.42 Å². The van der Waals surface area contributed by atoms with Crippen LogP contribution >= 0.6 is 11.6 Å². The second-order valence-corrected chi connectivity index (χ2v) is 8.10. The van der Waals surface area contributed by atoms with E-state index in [4.69, 9.17) is 11.6 Å². The van der Waals surface area contributed by atoms with E-state index in [1.54, 1.807) is 25.1 Å². The van der Waals surface area contributed by atoms with Crippen molar-refractivity contribution in [2.24, 2.45) is 0 Å². The van der Waals surface area contributed by atoms with Crippen LogP contribution in [0.4, 0.5) is 5.82 Å². The van der Waals surface area contributed by atoms with Crippen LogP contribution in [0.2, 0.25) is 5.02 Å². The zero-order chi connectivity index (χ0) is 17.3. The Balaban J connectivity index is 1.76. The maximum Gasteiger partial charge on any atom is 0.243 e. The van der Waals surface area contributed by atoms with Crippen molar-refractivity contribution in [3.63, 3.8) is 0 Å². The lowest BCUT2D eigenvalue weighted by atomic mass is 10.2. The molecule has 0 spiro atoms. The molecule has 0 bridgehead atoms. The predicted octanol–water partition coefficient (Wildman–Crippen LogP) is 2.26. The first-order chi connectivity index (χ1) is 11.4. The first-order valence-electron chi connectivity index (χ1n) is 7.70. The molecule has 1 aromatic carbocycles. The summed E-state index contributed by atoms with van der Waals surface area (Å²) < 4.78 is 27.2. The molecule has 24 heavy (non-hydrogen) atoms. The molecule has 1 aromatic heterocycles. The van der Waals surface area contributed by atoms with Gasteiger partial charge < -0.3 is 4.90 Å². The molecular formula is C16H19ClN4O2S. The fourth-order valence-electron chi connectivity index (χ4n) is 2.72. The normalized spacial score (nSPS) is 16.4. The largest absolute Gasteiger partial charge is 0.352 e. The van der Waals surface area contributed by atoms with Gasteiger partial charge in [-0.1, -0.05) is 17.7 Å². The van der Waals surface area contributed by atoms with Gasteiger partial charge in [0.15, 0.2) is 5.82 Å². The molecule has 0 amide bonds. The Hall–Kier alpha value is -1.70. The summed E-state index contributed by atoms with van der Waals surface area (Å²) in [6, 6.07) is 8.78. The lowest BCUT2D eigenvalue weighted by Gasteiger charge is -2.34. The summed E-state index contributed by atoms with van der Waals surface area (Å²) in [6.07, 6.45) is 0. The van der Waals surface area contributed by atoms with Crippen molar-refractivity contribution in [1.82, 2.24) is 14.5 Å². The van der Waals surface area contributed by atoms with Gasteiger partial charge in [-0.15, -0.1) is 5.10 Å². The fraction of sp³-hybridized carbons (Fsp3) is 0.375. The number of aryl methyl sites for hydroxylation is 1. The molecule has 0 unspecified atom stereocenters. The van der Waals surface area contributed by atoms with Gasteiger partial charge in [-0.2, -0.15) is 9.40 Å². The van der Waals surface area contributed by atoms with Crippen molar-refractivity contribution in [1.29, 1.82) is 0 Å². The minimum atomic E-state index is -3.54. The SMILES string of the molecule is Cc1ccc(N2CCN(S(=O)(=O)c3cccc(Cl)c3C)CC2)nn1. The maximum atomic E-state index is 12.9. The van der Waals surface area contributed by atoms with Gasteiger partial charge in [0, 0.05) is 31.2 Å². The topological polar surface area (TPSA) is 66.4 Å². The van der Waals surface area contributed by atoms with Crippen LogP contribution in [0.15, 0.2) is 35.2 Å². The van der Waals surface area contributed by atoms with Crippen LogP contribution in [0.5, 0.6) is 0 Å². The summed E-state index contributed by atoms with van der Waals surface area (Å²) in [7, 11) is -3.54. The Morgan fingerprint density at radius 3 is 2.33 bits per heavy atom. The van der Waals surface area contributed by atoms with Gasteiger partial charge in [0.25, 0.3) is 0 Å². The van der Waals surface area contributed by atoms with Gasteiger partial charge in [-0.05, 0) is 43.7 Å². The summed E-state index contributed by atoms with van der Waals surface area (Å²) in [5.74, 6) is 0.775. The molecule has 0 radical (unpaired) electrons. The second-order valence-electron chi connectivity index (χ2n) is 5.79. The molecule has 8 heteroatoms. The molecule has 0 saturated carbocycles. The van der Waals surface area contributed by atoms with E-state index in [1.165, 1.54) is 4.31 Å². The highest BCUT2D eigenvalue weighted by molar-refractivity contribution is 7.89. The van der Waals surface area contributed by atoms with Crippen molar-refractivity contribution in [3.05, 3.63) is 46.6 Å². The monoisotopic (exact) mass is 366 g/mol. The van der Waals surface area contributed by atoms with Crippen molar-refractivity contribution >= 4 is 27.4 Å². The molecule has 3 rings (SSSR count). The van der Waals surface area contributed by atoms with E-state index in [2.05, 4.69) is 10.2 Å². The molecule has 2 heterocycles. The maximum absolute atomic E-state index is 12.9. The highest BCUT2D eigenvalue weighted by Gasteiger charge is 2.30. The van der Waals surface area contributed by atoms with Gasteiger partial charge in [0.05, 0.1) is 10.6 Å². The van der Waals surface area contributed by atoms with Crippen LogP contribution in [0.1, 0.15) is 11.3 Å². The molecule has 1 saturated heterocycles. The minimum absolute atomic E-state index is 0.276. The summed E-state index contributed by atoms with van der Waals surface area (Å²) in [5.41, 5.74) is 1.45. The molecule has 1 fully saturated rings. The van der Waals surface area contributed by atoms with E-state index >= 15 is 0 Å². The summed E-state index contributed by atoms with van der Waals surface area (Å²) in [6.45, 7) is 5.59. The zero-order valence-electron chi connectivity index (χ0n) is 13.6. The number of anilines is 1. The van der Waals surface area contributed by atoms with Crippen LogP contribution in [0, 0.1) is 13.8 Å². The number of nitrogens with zero attached hydrogens (tertiary/aromatic N) is 4. The van der Waals surface area contributed by atoms with Gasteiger partial charge in [-0.25, -0.2) is 8.42 Å². The van der Waals surface area contributed by atoms with E-state index in [0.29, 0.717) is 36.8 Å². The van der Waals surface area contributed by atoms with Crippen LogP contribution in [0.3, 0.4) is 0 Å². The number of hydrogen-bond acceptors (Lipinski definition) is 5. The third-order valence-corrected chi connectivity index (χ3v) is 6.63. The van der Waals surface area contributed by atoms with Crippen molar-refractivity contribution in [2.45, 2.75) is 18.7 Å². The average molecular weight is 367 g/mol. The highest BCUT2D eigenvalue weighted by atomic mass is 35.5. The molecule has 128 valence electrons. The first kappa shape index (κ1) is 17.1. The Bertz CT molecular complexity index is 832. The fourth-order valence-corrected chi connectivity index (χ4v) is 4.62. The van der Waals surface area contributed by atoms with E-state index in [-0.39, 0.29) is 4.90 Å². The zero-order valence-corrected chi connectivity index (χ0v) is 15.2. The Labute approximate surface area is 147 Å². The quantitative estimate of drug-likeness (QED) is 0.833. The number of aromatic nitrogens is 2. The molecule has 1 aliphatic rings. The Kier molecular flexibility index (Phi) is 4.76. The molecule has 0 N–H and O–H groups in total. The molecule has 0 aliphatic carbocycles. The summed E-state index contributed by atoms with van der Waals surface area (Å²) in [5, 5.41) is 8.68. The molecule has 0 atom stereocenters. The highest BCUT2D eigenvalue weighted by Crippen LogP contribution is 2.26. The summed E-state index contributed by atoms with van der Waals surface area (Å²) in [4.78, 5) is 2.32. The Morgan fingerprint density at radius 2 is 1.71 bits per heavy atom. The van der Waals surface area contributed by atoms with Gasteiger partial charge >= 0.3 is 0 Å². The van der Waals surface area contributed by atoms with Gasteiger partial charge in [-0.3, -0.25) is 0 Å². The third-order valence-electron chi connectivity index (χ3n) is 4.18. The lowest BCUT2D eigenvalue weighted by molar-refractivity contribution is 0.383. The number of piperazine rings is 1. The number of hydrogen-bond donors (Lipinski definition) is 0.